The first-order chi connectivity index (χ1) is 9.29. The first-order valence-corrected chi connectivity index (χ1v) is 7.18. The van der Waals surface area contributed by atoms with Crippen molar-refractivity contribution in [3.05, 3.63) is 42.4 Å². The Hall–Kier alpha value is -1.90. The predicted molar refractivity (Wildman–Crippen MR) is 63.5 cm³/mol. The molecule has 0 amide bonds. The normalized spacial score (nSPS) is 12.6. The molecule has 0 aliphatic carbocycles. The summed E-state index contributed by atoms with van der Waals surface area (Å²) in [5, 5.41) is 3.47. The molecule has 0 radical (unpaired) electrons. The van der Waals surface area contributed by atoms with E-state index in [1.807, 2.05) is 0 Å². The fourth-order valence-corrected chi connectivity index (χ4v) is 2.61. The zero-order valence-electron chi connectivity index (χ0n) is 10.1. The number of halogens is 3. The number of sulfone groups is 1. The lowest BCUT2D eigenvalue weighted by Gasteiger charge is -2.07. The van der Waals surface area contributed by atoms with Gasteiger partial charge in [-0.05, 0) is 18.2 Å². The van der Waals surface area contributed by atoms with Crippen LogP contribution in [0.1, 0.15) is 5.56 Å². The second-order valence-corrected chi connectivity index (χ2v) is 6.03. The molecule has 0 saturated carbocycles. The Morgan fingerprint density at radius 1 is 1.25 bits per heavy atom. The maximum absolute atomic E-state index is 12.3. The molecule has 9 heteroatoms. The van der Waals surface area contributed by atoms with Gasteiger partial charge in [0.15, 0.2) is 14.9 Å². The largest absolute Gasteiger partial charge is 0.417 e. The van der Waals surface area contributed by atoms with Crippen molar-refractivity contribution in [2.45, 2.75) is 17.7 Å². The van der Waals surface area contributed by atoms with E-state index in [9.17, 15) is 21.6 Å². The van der Waals surface area contributed by atoms with Gasteiger partial charge in [-0.15, -0.1) is 0 Å². The second kappa shape index (κ2) is 5.23. The van der Waals surface area contributed by atoms with Crippen LogP contribution >= 0.6 is 0 Å². The first kappa shape index (κ1) is 14.5. The highest BCUT2D eigenvalue weighted by atomic mass is 32.2. The van der Waals surface area contributed by atoms with Gasteiger partial charge in [-0.2, -0.15) is 18.3 Å². The van der Waals surface area contributed by atoms with Crippen LogP contribution in [-0.2, 0) is 22.6 Å². The zero-order chi connectivity index (χ0) is 14.8. The minimum absolute atomic E-state index is 0.109. The predicted octanol–water partition coefficient (Wildman–Crippen LogP) is 1.77. The van der Waals surface area contributed by atoms with E-state index in [2.05, 4.69) is 10.1 Å². The van der Waals surface area contributed by atoms with Crippen LogP contribution in [0.25, 0.3) is 0 Å². The van der Waals surface area contributed by atoms with Crippen LogP contribution in [0.3, 0.4) is 0 Å². The van der Waals surface area contributed by atoms with Crippen molar-refractivity contribution in [2.75, 3.05) is 5.75 Å². The van der Waals surface area contributed by atoms with Crippen molar-refractivity contribution in [3.63, 3.8) is 0 Å². The van der Waals surface area contributed by atoms with E-state index in [1.165, 1.54) is 10.9 Å². The summed E-state index contributed by atoms with van der Waals surface area (Å²) in [4.78, 5) is 3.38. The van der Waals surface area contributed by atoms with Crippen LogP contribution in [-0.4, -0.2) is 28.9 Å². The van der Waals surface area contributed by atoms with E-state index < -0.39 is 21.6 Å². The van der Waals surface area contributed by atoms with Crippen LogP contribution < -0.4 is 0 Å². The minimum Gasteiger partial charge on any atom is -0.272 e. The third-order valence-corrected chi connectivity index (χ3v) is 4.13. The Balaban J connectivity index is 2.13. The average molecular weight is 305 g/mol. The van der Waals surface area contributed by atoms with Gasteiger partial charge < -0.3 is 0 Å². The molecule has 0 fully saturated rings. The lowest BCUT2D eigenvalue weighted by atomic mass is 10.3. The van der Waals surface area contributed by atoms with Crippen molar-refractivity contribution < 1.29 is 21.6 Å². The van der Waals surface area contributed by atoms with Crippen molar-refractivity contribution in [1.82, 2.24) is 14.8 Å². The van der Waals surface area contributed by atoms with Crippen molar-refractivity contribution in [2.24, 2.45) is 0 Å². The first-order valence-electron chi connectivity index (χ1n) is 5.52. The van der Waals surface area contributed by atoms with E-state index in [1.54, 1.807) is 12.3 Å². The molecule has 108 valence electrons. The van der Waals surface area contributed by atoms with E-state index in [0.717, 1.165) is 6.07 Å². The summed E-state index contributed by atoms with van der Waals surface area (Å²) >= 11 is 0. The fourth-order valence-electron chi connectivity index (χ4n) is 1.48. The number of aryl methyl sites for hydroxylation is 1. The molecule has 0 aliphatic heterocycles. The Morgan fingerprint density at radius 2 is 2.00 bits per heavy atom. The Bertz CT molecular complexity index is 664. The van der Waals surface area contributed by atoms with Crippen LogP contribution in [0.5, 0.6) is 0 Å². The van der Waals surface area contributed by atoms with Crippen molar-refractivity contribution in [3.8, 4) is 0 Å². The van der Waals surface area contributed by atoms with Gasteiger partial charge >= 0.3 is 6.18 Å². The average Bonchev–Trinajstić information content (AvgIpc) is 2.89. The molecular weight excluding hydrogens is 295 g/mol. The summed E-state index contributed by atoms with van der Waals surface area (Å²) in [6.45, 7) is 0.109. The molecule has 2 aromatic heterocycles. The fraction of sp³-hybridized carbons (Fsp3) is 0.273. The molecule has 0 bridgehead atoms. The monoisotopic (exact) mass is 305 g/mol. The topological polar surface area (TPSA) is 64.8 Å². The lowest BCUT2D eigenvalue weighted by molar-refractivity contribution is -0.137. The van der Waals surface area contributed by atoms with E-state index in [0.29, 0.717) is 12.3 Å². The summed E-state index contributed by atoms with van der Waals surface area (Å²) in [5.74, 6) is -0.285. The number of nitrogens with zero attached hydrogens (tertiary/aromatic N) is 3. The summed E-state index contributed by atoms with van der Waals surface area (Å²) < 4.78 is 62.3. The van der Waals surface area contributed by atoms with Gasteiger partial charge in [0.25, 0.3) is 0 Å². The van der Waals surface area contributed by atoms with Gasteiger partial charge in [0, 0.05) is 18.6 Å². The Kier molecular flexibility index (Phi) is 3.80. The van der Waals surface area contributed by atoms with Crippen molar-refractivity contribution >= 4 is 9.84 Å². The Morgan fingerprint density at radius 3 is 2.50 bits per heavy atom. The molecule has 0 atom stereocenters. The SMILES string of the molecule is O=S(=O)(CCn1cccn1)c1ccc(C(F)(F)F)cn1. The van der Waals surface area contributed by atoms with E-state index >= 15 is 0 Å². The molecule has 0 spiro atoms. The van der Waals surface area contributed by atoms with Gasteiger partial charge in [0.05, 0.1) is 17.9 Å². The molecule has 0 aliphatic rings. The quantitative estimate of drug-likeness (QED) is 0.863. The Labute approximate surface area is 113 Å². The molecule has 5 nitrogen and oxygen atoms in total. The van der Waals surface area contributed by atoms with Crippen LogP contribution in [0.4, 0.5) is 13.2 Å². The van der Waals surface area contributed by atoms with Gasteiger partial charge in [0.1, 0.15) is 0 Å². The summed E-state index contributed by atoms with van der Waals surface area (Å²) in [6.07, 6.45) is -0.927. The highest BCUT2D eigenvalue weighted by molar-refractivity contribution is 7.91. The second-order valence-electron chi connectivity index (χ2n) is 3.97. The molecule has 20 heavy (non-hydrogen) atoms. The molecule has 0 saturated heterocycles. The standard InChI is InChI=1S/C11H10F3N3O2S/c12-11(13,14)9-2-3-10(15-8-9)20(18,19)7-6-17-5-1-4-16-17/h1-5,8H,6-7H2. The number of hydrogen-bond donors (Lipinski definition) is 0. The van der Waals surface area contributed by atoms with Gasteiger partial charge in [-0.25, -0.2) is 13.4 Å². The van der Waals surface area contributed by atoms with Crippen LogP contribution in [0.15, 0.2) is 41.8 Å². The molecule has 0 aromatic carbocycles. The molecule has 0 unspecified atom stereocenters. The van der Waals surface area contributed by atoms with E-state index in [4.69, 9.17) is 0 Å². The van der Waals surface area contributed by atoms with Crippen molar-refractivity contribution in [1.29, 1.82) is 0 Å². The zero-order valence-corrected chi connectivity index (χ0v) is 10.9. The molecule has 2 aromatic rings. The van der Waals surface area contributed by atoms with Crippen LogP contribution in [0, 0.1) is 0 Å². The number of rotatable bonds is 4. The lowest BCUT2D eigenvalue weighted by Crippen LogP contribution is -2.15. The highest BCUT2D eigenvalue weighted by Gasteiger charge is 2.31. The molecular formula is C11H10F3N3O2S. The summed E-state index contributed by atoms with van der Waals surface area (Å²) in [5.41, 5.74) is -0.983. The number of aromatic nitrogens is 3. The summed E-state index contributed by atoms with van der Waals surface area (Å²) in [7, 11) is -3.74. The number of pyridine rings is 1. The molecule has 2 heterocycles. The minimum atomic E-state index is -4.54. The van der Waals surface area contributed by atoms with Gasteiger partial charge in [-0.3, -0.25) is 4.68 Å². The van der Waals surface area contributed by atoms with Crippen LogP contribution in [0.2, 0.25) is 0 Å². The smallest absolute Gasteiger partial charge is 0.272 e. The third-order valence-electron chi connectivity index (χ3n) is 2.53. The third kappa shape index (κ3) is 3.35. The number of alkyl halides is 3. The maximum Gasteiger partial charge on any atom is 0.417 e. The number of hydrogen-bond acceptors (Lipinski definition) is 4. The maximum atomic E-state index is 12.3. The molecule has 0 N–H and O–H groups in total. The molecule has 2 rings (SSSR count). The van der Waals surface area contributed by atoms with E-state index in [-0.39, 0.29) is 17.3 Å². The highest BCUT2D eigenvalue weighted by Crippen LogP contribution is 2.28. The van der Waals surface area contributed by atoms with Gasteiger partial charge in [-0.1, -0.05) is 0 Å². The van der Waals surface area contributed by atoms with Gasteiger partial charge in [0.2, 0.25) is 0 Å². The summed E-state index contributed by atoms with van der Waals surface area (Å²) in [6, 6.07) is 3.21.